The van der Waals surface area contributed by atoms with Gasteiger partial charge in [-0.05, 0) is 84.5 Å². The second-order valence-corrected chi connectivity index (χ2v) is 13.6. The normalized spacial score (nSPS) is 11.8. The fourth-order valence-electron chi connectivity index (χ4n) is 7.87. The maximum absolute atomic E-state index is 6.56. The van der Waals surface area contributed by atoms with E-state index in [0.717, 1.165) is 60.5 Å². The highest BCUT2D eigenvalue weighted by Crippen LogP contribution is 2.42. The van der Waals surface area contributed by atoms with Gasteiger partial charge in [0.2, 0.25) is 0 Å². The molecule has 0 bridgehead atoms. The highest BCUT2D eigenvalue weighted by Gasteiger charge is 2.20. The molecule has 0 spiro atoms. The van der Waals surface area contributed by atoms with Crippen LogP contribution in [0, 0.1) is 0 Å². The maximum Gasteiger partial charge on any atom is 0.164 e. The summed E-state index contributed by atoms with van der Waals surface area (Å²) in [6.45, 7) is 0. The highest BCUT2D eigenvalue weighted by molar-refractivity contribution is 6.18. The van der Waals surface area contributed by atoms with Crippen LogP contribution in [0.1, 0.15) is 0 Å². The summed E-state index contributed by atoms with van der Waals surface area (Å²) in [4.78, 5) is 15.7. The minimum atomic E-state index is 0.595. The molecule has 0 saturated heterocycles. The molecule has 53 heavy (non-hydrogen) atoms. The smallest absolute Gasteiger partial charge is 0.164 e. The molecule has 0 atom stereocenters. The van der Waals surface area contributed by atoms with Gasteiger partial charge in [-0.3, -0.25) is 0 Å². The lowest BCUT2D eigenvalue weighted by atomic mass is 9.95. The molecule has 0 N–H and O–H groups in total. The maximum atomic E-state index is 6.56. The Labute approximate surface area is 304 Å². The van der Waals surface area contributed by atoms with Gasteiger partial charge in [0.05, 0.1) is 0 Å². The fourth-order valence-corrected chi connectivity index (χ4v) is 7.87. The van der Waals surface area contributed by atoms with Crippen LogP contribution in [0.15, 0.2) is 180 Å². The predicted octanol–water partition coefficient (Wildman–Crippen LogP) is 13.1. The summed E-state index contributed by atoms with van der Waals surface area (Å²) >= 11 is 0. The first-order valence-electron chi connectivity index (χ1n) is 17.8. The van der Waals surface area contributed by atoms with Gasteiger partial charge in [-0.1, -0.05) is 146 Å². The van der Waals surface area contributed by atoms with Crippen LogP contribution in [0.2, 0.25) is 0 Å². The molecule has 0 aliphatic heterocycles. The van der Waals surface area contributed by atoms with Crippen molar-refractivity contribution in [1.29, 1.82) is 0 Å². The number of fused-ring (bicyclic) bond motifs is 8. The SMILES string of the molecule is c1ccc2cc(-c3nc(-c4ccc5ccc6ccccc6c5c4)nc(-c4cccc5oc6cccc(-c7ccc8ccccc8c7)c6c45)n3)ccc2c1. The van der Waals surface area contributed by atoms with Gasteiger partial charge >= 0.3 is 0 Å². The van der Waals surface area contributed by atoms with E-state index < -0.39 is 0 Å². The van der Waals surface area contributed by atoms with Gasteiger partial charge in [-0.25, -0.2) is 15.0 Å². The lowest BCUT2D eigenvalue weighted by Crippen LogP contribution is -2.00. The van der Waals surface area contributed by atoms with Crippen LogP contribution < -0.4 is 0 Å². The summed E-state index contributed by atoms with van der Waals surface area (Å²) in [7, 11) is 0. The number of aromatic nitrogens is 3. The minimum Gasteiger partial charge on any atom is -0.456 e. The molecule has 0 amide bonds. The average molecular weight is 676 g/mol. The first-order valence-corrected chi connectivity index (χ1v) is 17.8. The third-order valence-electron chi connectivity index (χ3n) is 10.5. The van der Waals surface area contributed by atoms with Gasteiger partial charge in [-0.2, -0.15) is 0 Å². The molecule has 0 unspecified atom stereocenters. The minimum absolute atomic E-state index is 0.595. The van der Waals surface area contributed by atoms with Crippen molar-refractivity contribution in [2.45, 2.75) is 0 Å². The standard InChI is InChI=1S/C49H29N3O/c1-3-12-34-27-36(24-19-30(34)9-1)40-15-7-17-43-45(40)46-41(16-8-18-44(46)53-43)49-51-47(37-25-20-31-10-2-4-13-35(31)28-37)50-48(52-49)38-26-23-33-22-21-32-11-5-6-14-39(32)42(33)29-38/h1-29H. The molecule has 11 aromatic rings. The summed E-state index contributed by atoms with van der Waals surface area (Å²) in [6.07, 6.45) is 0. The number of benzene rings is 9. The van der Waals surface area contributed by atoms with Gasteiger partial charge < -0.3 is 4.42 Å². The zero-order chi connectivity index (χ0) is 34.9. The number of hydrogen-bond acceptors (Lipinski definition) is 4. The van der Waals surface area contributed by atoms with Gasteiger partial charge in [0.15, 0.2) is 17.5 Å². The first kappa shape index (κ1) is 29.5. The molecular formula is C49H29N3O. The Morgan fingerprint density at radius 1 is 0.302 bits per heavy atom. The van der Waals surface area contributed by atoms with E-state index in [9.17, 15) is 0 Å². The second kappa shape index (κ2) is 11.7. The Morgan fingerprint density at radius 2 is 0.774 bits per heavy atom. The number of furan rings is 1. The van der Waals surface area contributed by atoms with E-state index in [1.807, 2.05) is 18.2 Å². The monoisotopic (exact) mass is 675 g/mol. The van der Waals surface area contributed by atoms with Crippen molar-refractivity contribution in [2.24, 2.45) is 0 Å². The van der Waals surface area contributed by atoms with E-state index >= 15 is 0 Å². The van der Waals surface area contributed by atoms with Crippen molar-refractivity contribution in [3.05, 3.63) is 176 Å². The largest absolute Gasteiger partial charge is 0.456 e. The summed E-state index contributed by atoms with van der Waals surface area (Å²) in [5.74, 6) is 1.83. The second-order valence-electron chi connectivity index (χ2n) is 13.6. The molecule has 9 aromatic carbocycles. The van der Waals surface area contributed by atoms with Crippen molar-refractivity contribution >= 4 is 65.0 Å². The lowest BCUT2D eigenvalue weighted by Gasteiger charge is -2.12. The molecule has 11 rings (SSSR count). The van der Waals surface area contributed by atoms with Gasteiger partial charge in [0.1, 0.15) is 11.2 Å². The topological polar surface area (TPSA) is 51.8 Å². The molecule has 4 nitrogen and oxygen atoms in total. The Hall–Kier alpha value is -7.17. The zero-order valence-corrected chi connectivity index (χ0v) is 28.5. The van der Waals surface area contributed by atoms with Crippen LogP contribution in [0.25, 0.3) is 110 Å². The van der Waals surface area contributed by atoms with Crippen LogP contribution in [0.4, 0.5) is 0 Å². The summed E-state index contributed by atoms with van der Waals surface area (Å²) in [5, 5.41) is 11.5. The van der Waals surface area contributed by atoms with Gasteiger partial charge in [0, 0.05) is 27.5 Å². The molecule has 246 valence electrons. The molecule has 4 heteroatoms. The van der Waals surface area contributed by atoms with Crippen molar-refractivity contribution in [3.63, 3.8) is 0 Å². The fraction of sp³-hybridized carbons (Fsp3) is 0. The molecule has 2 aromatic heterocycles. The van der Waals surface area contributed by atoms with E-state index in [1.54, 1.807) is 0 Å². The molecule has 0 aliphatic rings. The Balaban J connectivity index is 1.17. The highest BCUT2D eigenvalue weighted by atomic mass is 16.3. The quantitative estimate of drug-likeness (QED) is 0.174. The van der Waals surface area contributed by atoms with E-state index in [1.165, 1.54) is 32.3 Å². The summed E-state index contributed by atoms with van der Waals surface area (Å²) in [6, 6.07) is 61.7. The van der Waals surface area contributed by atoms with E-state index in [0.29, 0.717) is 17.5 Å². The summed E-state index contributed by atoms with van der Waals surface area (Å²) in [5.41, 5.74) is 6.60. The third kappa shape index (κ3) is 4.88. The lowest BCUT2D eigenvalue weighted by molar-refractivity contribution is 0.669. The number of rotatable bonds is 4. The van der Waals surface area contributed by atoms with E-state index in [4.69, 9.17) is 19.4 Å². The molecule has 0 fully saturated rings. The number of nitrogens with zero attached hydrogens (tertiary/aromatic N) is 3. The van der Waals surface area contributed by atoms with Crippen molar-refractivity contribution in [2.75, 3.05) is 0 Å². The van der Waals surface area contributed by atoms with Crippen LogP contribution >= 0.6 is 0 Å². The Morgan fingerprint density at radius 3 is 1.47 bits per heavy atom. The van der Waals surface area contributed by atoms with Crippen molar-refractivity contribution in [1.82, 2.24) is 15.0 Å². The molecular weight excluding hydrogens is 647 g/mol. The molecule has 0 saturated carbocycles. The zero-order valence-electron chi connectivity index (χ0n) is 28.5. The summed E-state index contributed by atoms with van der Waals surface area (Å²) < 4.78 is 6.56. The number of hydrogen-bond donors (Lipinski definition) is 0. The van der Waals surface area contributed by atoms with Crippen LogP contribution in [-0.4, -0.2) is 15.0 Å². The first-order chi connectivity index (χ1) is 26.2. The van der Waals surface area contributed by atoms with E-state index in [2.05, 4.69) is 158 Å². The Bertz CT molecular complexity index is 3250. The van der Waals surface area contributed by atoms with Crippen LogP contribution in [-0.2, 0) is 0 Å². The third-order valence-corrected chi connectivity index (χ3v) is 10.5. The molecule has 2 heterocycles. The van der Waals surface area contributed by atoms with Crippen LogP contribution in [0.3, 0.4) is 0 Å². The Kier molecular flexibility index (Phi) is 6.52. The molecule has 0 aliphatic carbocycles. The average Bonchev–Trinajstić information content (AvgIpc) is 3.62. The van der Waals surface area contributed by atoms with Gasteiger partial charge in [0.25, 0.3) is 0 Å². The van der Waals surface area contributed by atoms with Crippen LogP contribution in [0.5, 0.6) is 0 Å². The van der Waals surface area contributed by atoms with Crippen molar-refractivity contribution < 1.29 is 4.42 Å². The molecule has 0 radical (unpaired) electrons. The predicted molar refractivity (Wildman–Crippen MR) is 219 cm³/mol. The van der Waals surface area contributed by atoms with E-state index in [-0.39, 0.29) is 0 Å². The van der Waals surface area contributed by atoms with Gasteiger partial charge in [-0.15, -0.1) is 0 Å². The van der Waals surface area contributed by atoms with Crippen molar-refractivity contribution in [3.8, 4) is 45.3 Å².